The molecule has 3 heterocycles. The molecular weight excluding hydrogens is 340 g/mol. The second-order valence-electron chi connectivity index (χ2n) is 8.17. The van der Waals surface area contributed by atoms with Gasteiger partial charge in [0.2, 0.25) is 0 Å². The Labute approximate surface area is 162 Å². The first-order valence-corrected chi connectivity index (χ1v) is 10.6. The minimum atomic E-state index is 0.0128. The van der Waals surface area contributed by atoms with Gasteiger partial charge in [0, 0.05) is 45.0 Å². The summed E-state index contributed by atoms with van der Waals surface area (Å²) in [6, 6.07) is 4.01. The maximum Gasteiger partial charge on any atom is 0.255 e. The number of hydrogen-bond acceptors (Lipinski definition) is 5. The molecule has 0 atom stereocenters. The third-order valence-electron chi connectivity index (χ3n) is 6.26. The number of morpholine rings is 1. The van der Waals surface area contributed by atoms with Crippen LogP contribution < -0.4 is 10.2 Å². The van der Waals surface area contributed by atoms with E-state index in [1.807, 2.05) is 12.1 Å². The van der Waals surface area contributed by atoms with E-state index >= 15 is 0 Å². The molecule has 1 aromatic heterocycles. The molecule has 0 spiro atoms. The van der Waals surface area contributed by atoms with Gasteiger partial charge in [0.15, 0.2) is 0 Å². The van der Waals surface area contributed by atoms with E-state index in [1.165, 1.54) is 32.2 Å². The number of likely N-dealkylation sites (tertiary alicyclic amines) is 1. The van der Waals surface area contributed by atoms with Gasteiger partial charge in [-0.05, 0) is 43.7 Å². The first-order chi connectivity index (χ1) is 13.3. The van der Waals surface area contributed by atoms with Gasteiger partial charge in [-0.2, -0.15) is 0 Å². The van der Waals surface area contributed by atoms with E-state index in [9.17, 15) is 4.79 Å². The molecule has 1 saturated carbocycles. The van der Waals surface area contributed by atoms with Crippen molar-refractivity contribution in [2.45, 2.75) is 44.6 Å². The predicted octanol–water partition coefficient (Wildman–Crippen LogP) is 2.30. The molecule has 0 unspecified atom stereocenters. The number of aromatic nitrogens is 1. The van der Waals surface area contributed by atoms with Gasteiger partial charge in [-0.1, -0.05) is 12.8 Å². The smallest absolute Gasteiger partial charge is 0.255 e. The number of hydrogen-bond donors (Lipinski definition) is 1. The number of anilines is 1. The van der Waals surface area contributed by atoms with E-state index in [4.69, 9.17) is 4.74 Å². The molecule has 0 aromatic carbocycles. The Bertz CT molecular complexity index is 618. The Balaban J connectivity index is 1.31. The molecule has 3 fully saturated rings. The predicted molar refractivity (Wildman–Crippen MR) is 106 cm³/mol. The summed E-state index contributed by atoms with van der Waals surface area (Å²) in [5.41, 5.74) is 0.688. The third kappa shape index (κ3) is 4.79. The molecule has 0 radical (unpaired) electrons. The SMILES string of the molecule is O=C(NC1CCN(CC2CCCC2)CC1)c1cccnc1N1CCOCC1. The highest BCUT2D eigenvalue weighted by atomic mass is 16.5. The van der Waals surface area contributed by atoms with Gasteiger partial charge in [0.1, 0.15) is 5.82 Å². The quantitative estimate of drug-likeness (QED) is 0.860. The summed E-state index contributed by atoms with van der Waals surface area (Å²) < 4.78 is 5.43. The molecule has 27 heavy (non-hydrogen) atoms. The Kier molecular flexibility index (Phi) is 6.24. The minimum Gasteiger partial charge on any atom is -0.378 e. The fourth-order valence-corrected chi connectivity index (χ4v) is 4.68. The van der Waals surface area contributed by atoms with Crippen LogP contribution in [0, 0.1) is 5.92 Å². The van der Waals surface area contributed by atoms with Crippen molar-refractivity contribution in [2.24, 2.45) is 5.92 Å². The van der Waals surface area contributed by atoms with Crippen molar-refractivity contribution in [1.29, 1.82) is 0 Å². The highest BCUT2D eigenvalue weighted by molar-refractivity contribution is 5.99. The van der Waals surface area contributed by atoms with Gasteiger partial charge in [0.25, 0.3) is 5.91 Å². The molecule has 2 aliphatic heterocycles. The van der Waals surface area contributed by atoms with E-state index in [-0.39, 0.29) is 11.9 Å². The van der Waals surface area contributed by atoms with Crippen molar-refractivity contribution < 1.29 is 9.53 Å². The summed E-state index contributed by atoms with van der Waals surface area (Å²) in [7, 11) is 0. The summed E-state index contributed by atoms with van der Waals surface area (Å²) in [6.45, 7) is 6.42. The number of carbonyl (C=O) groups excluding carboxylic acids is 1. The lowest BCUT2D eigenvalue weighted by molar-refractivity contribution is 0.0904. The third-order valence-corrected chi connectivity index (χ3v) is 6.26. The molecule has 2 saturated heterocycles. The van der Waals surface area contributed by atoms with Crippen molar-refractivity contribution in [3.63, 3.8) is 0 Å². The molecule has 1 N–H and O–H groups in total. The highest BCUT2D eigenvalue weighted by Gasteiger charge is 2.26. The standard InChI is InChI=1S/C21H32N4O2/c26-21(19-6-3-9-22-20(19)25-12-14-27-15-13-25)23-18-7-10-24(11-8-18)16-17-4-1-2-5-17/h3,6,9,17-18H,1-2,4-5,7-8,10-16H2,(H,23,26). The number of nitrogens with zero attached hydrogens (tertiary/aromatic N) is 3. The number of piperidine rings is 1. The molecule has 6 nitrogen and oxygen atoms in total. The molecule has 1 amide bonds. The molecule has 0 bridgehead atoms. The van der Waals surface area contributed by atoms with Gasteiger partial charge in [0.05, 0.1) is 18.8 Å². The summed E-state index contributed by atoms with van der Waals surface area (Å²) in [5, 5.41) is 3.27. The van der Waals surface area contributed by atoms with Crippen LogP contribution in [-0.4, -0.2) is 67.8 Å². The Morgan fingerprint density at radius 2 is 1.85 bits per heavy atom. The maximum absolute atomic E-state index is 12.9. The number of carbonyl (C=O) groups is 1. The molecule has 1 aliphatic carbocycles. The number of pyridine rings is 1. The van der Waals surface area contributed by atoms with E-state index in [0.717, 1.165) is 50.8 Å². The second kappa shape index (κ2) is 9.02. The van der Waals surface area contributed by atoms with Crippen LogP contribution in [0.15, 0.2) is 18.3 Å². The summed E-state index contributed by atoms with van der Waals surface area (Å²) >= 11 is 0. The average molecular weight is 373 g/mol. The topological polar surface area (TPSA) is 57.7 Å². The van der Waals surface area contributed by atoms with Gasteiger partial charge in [-0.25, -0.2) is 4.98 Å². The monoisotopic (exact) mass is 372 g/mol. The van der Waals surface area contributed by atoms with Crippen molar-refractivity contribution in [3.8, 4) is 0 Å². The highest BCUT2D eigenvalue weighted by Crippen LogP contribution is 2.26. The molecule has 148 valence electrons. The number of rotatable bonds is 5. The van der Waals surface area contributed by atoms with Crippen LogP contribution in [0.3, 0.4) is 0 Å². The molecule has 4 rings (SSSR count). The van der Waals surface area contributed by atoms with Crippen LogP contribution in [0.1, 0.15) is 48.9 Å². The Hall–Kier alpha value is -1.66. The Morgan fingerprint density at radius 1 is 1.11 bits per heavy atom. The molecule has 1 aromatic rings. The van der Waals surface area contributed by atoms with Crippen LogP contribution in [0.5, 0.6) is 0 Å². The number of ether oxygens (including phenoxy) is 1. The van der Waals surface area contributed by atoms with E-state index in [2.05, 4.69) is 20.1 Å². The first kappa shape index (κ1) is 18.7. The normalized spacial score (nSPS) is 22.9. The van der Waals surface area contributed by atoms with Gasteiger partial charge >= 0.3 is 0 Å². The molecule has 3 aliphatic rings. The van der Waals surface area contributed by atoms with E-state index in [0.29, 0.717) is 18.8 Å². The summed E-state index contributed by atoms with van der Waals surface area (Å²) in [4.78, 5) is 22.2. The maximum atomic E-state index is 12.9. The Morgan fingerprint density at radius 3 is 2.59 bits per heavy atom. The zero-order valence-corrected chi connectivity index (χ0v) is 16.2. The van der Waals surface area contributed by atoms with E-state index < -0.39 is 0 Å². The minimum absolute atomic E-state index is 0.0128. The van der Waals surface area contributed by atoms with Crippen LogP contribution in [0.4, 0.5) is 5.82 Å². The van der Waals surface area contributed by atoms with Crippen molar-refractivity contribution >= 4 is 11.7 Å². The lowest BCUT2D eigenvalue weighted by Gasteiger charge is -2.34. The summed E-state index contributed by atoms with van der Waals surface area (Å²) in [6.07, 6.45) is 9.49. The fourth-order valence-electron chi connectivity index (χ4n) is 4.68. The lowest BCUT2D eigenvalue weighted by atomic mass is 10.0. The molecular formula is C21H32N4O2. The molecule has 6 heteroatoms. The van der Waals surface area contributed by atoms with Crippen molar-refractivity contribution in [1.82, 2.24) is 15.2 Å². The number of amides is 1. The van der Waals surface area contributed by atoms with Crippen LogP contribution in [-0.2, 0) is 4.74 Å². The van der Waals surface area contributed by atoms with Gasteiger partial charge in [-0.15, -0.1) is 0 Å². The fraction of sp³-hybridized carbons (Fsp3) is 0.714. The van der Waals surface area contributed by atoms with Gasteiger partial charge in [-0.3, -0.25) is 4.79 Å². The second-order valence-corrected chi connectivity index (χ2v) is 8.17. The van der Waals surface area contributed by atoms with Gasteiger partial charge < -0.3 is 19.9 Å². The van der Waals surface area contributed by atoms with Crippen molar-refractivity contribution in [3.05, 3.63) is 23.9 Å². The van der Waals surface area contributed by atoms with E-state index in [1.54, 1.807) is 6.20 Å². The van der Waals surface area contributed by atoms with Crippen molar-refractivity contribution in [2.75, 3.05) is 50.8 Å². The lowest BCUT2D eigenvalue weighted by Crippen LogP contribution is -2.46. The largest absolute Gasteiger partial charge is 0.378 e. The first-order valence-electron chi connectivity index (χ1n) is 10.6. The summed E-state index contributed by atoms with van der Waals surface area (Å²) in [5.74, 6) is 1.71. The van der Waals surface area contributed by atoms with Crippen LogP contribution in [0.25, 0.3) is 0 Å². The zero-order valence-electron chi connectivity index (χ0n) is 16.2. The van der Waals surface area contributed by atoms with Crippen LogP contribution >= 0.6 is 0 Å². The number of nitrogens with one attached hydrogen (secondary N) is 1. The van der Waals surface area contributed by atoms with Crippen LogP contribution in [0.2, 0.25) is 0 Å². The zero-order chi connectivity index (χ0) is 18.5. The average Bonchev–Trinajstić information content (AvgIpc) is 3.23.